The van der Waals surface area contributed by atoms with Gasteiger partial charge in [0, 0.05) is 22.6 Å². The van der Waals surface area contributed by atoms with Gasteiger partial charge in [-0.2, -0.15) is 9.41 Å². The fraction of sp³-hybridized carbons (Fsp3) is 0.231. The Morgan fingerprint density at radius 2 is 1.76 bits per heavy atom. The van der Waals surface area contributed by atoms with Crippen molar-refractivity contribution in [1.29, 1.82) is 0 Å². The third-order valence-electron chi connectivity index (χ3n) is 5.69. The molecule has 0 saturated heterocycles. The molecule has 1 aliphatic heterocycles. The second kappa shape index (κ2) is 12.3. The van der Waals surface area contributed by atoms with Gasteiger partial charge in [-0.25, -0.2) is 13.8 Å². The van der Waals surface area contributed by atoms with Crippen LogP contribution in [0.25, 0.3) is 0 Å². The number of carbonyl (C=O) groups excluding carboxylic acids is 1. The first-order chi connectivity index (χ1) is 18.3. The molecule has 0 fully saturated rings. The van der Waals surface area contributed by atoms with Crippen molar-refractivity contribution in [3.8, 4) is 23.0 Å². The van der Waals surface area contributed by atoms with Gasteiger partial charge in [-0.3, -0.25) is 4.79 Å². The lowest BCUT2D eigenvalue weighted by molar-refractivity contribution is -0.121. The summed E-state index contributed by atoms with van der Waals surface area (Å²) in [7, 11) is -1.18. The van der Waals surface area contributed by atoms with Gasteiger partial charge >= 0.3 is 0 Å². The molecule has 0 radical (unpaired) electrons. The maximum atomic E-state index is 13.6. The van der Waals surface area contributed by atoms with E-state index in [2.05, 4.69) is 26.5 Å². The Morgan fingerprint density at radius 3 is 2.47 bits per heavy atom. The van der Waals surface area contributed by atoms with Gasteiger partial charge in [0.05, 0.1) is 31.9 Å². The lowest BCUT2D eigenvalue weighted by Crippen LogP contribution is -2.40. The lowest BCUT2D eigenvalue weighted by Gasteiger charge is -2.22. The van der Waals surface area contributed by atoms with Gasteiger partial charge < -0.3 is 18.9 Å². The van der Waals surface area contributed by atoms with Crippen LogP contribution in [0.2, 0.25) is 0 Å². The Labute approximate surface area is 229 Å². The number of rotatable bonds is 11. The fourth-order valence-corrected chi connectivity index (χ4v) is 5.55. The van der Waals surface area contributed by atoms with E-state index in [0.717, 1.165) is 9.87 Å². The van der Waals surface area contributed by atoms with Gasteiger partial charge in [-0.15, -0.1) is 0 Å². The molecule has 10 nitrogen and oxygen atoms in total. The fourth-order valence-electron chi connectivity index (χ4n) is 3.71. The van der Waals surface area contributed by atoms with Gasteiger partial charge in [-0.1, -0.05) is 30.3 Å². The van der Waals surface area contributed by atoms with Crippen LogP contribution in [-0.2, 0) is 21.2 Å². The summed E-state index contributed by atoms with van der Waals surface area (Å²) in [6.45, 7) is -0.235. The highest BCUT2D eigenvalue weighted by Gasteiger charge is 2.28. The predicted molar refractivity (Wildman–Crippen MR) is 144 cm³/mol. The van der Waals surface area contributed by atoms with Crippen LogP contribution < -0.4 is 24.4 Å². The summed E-state index contributed by atoms with van der Waals surface area (Å²) in [4.78, 5) is 12.8. The number of hydrogen-bond acceptors (Lipinski definition) is 8. The molecule has 1 amide bonds. The molecule has 4 rings (SSSR count). The van der Waals surface area contributed by atoms with Crippen LogP contribution in [0.4, 0.5) is 0 Å². The molecule has 38 heavy (non-hydrogen) atoms. The van der Waals surface area contributed by atoms with Crippen LogP contribution in [0.5, 0.6) is 23.0 Å². The number of ether oxygens (including phenoxy) is 4. The van der Waals surface area contributed by atoms with Crippen LogP contribution in [0.15, 0.2) is 75.1 Å². The molecule has 0 aliphatic carbocycles. The number of nitrogens with one attached hydrogen (secondary N) is 1. The van der Waals surface area contributed by atoms with Gasteiger partial charge in [0.25, 0.3) is 5.91 Å². The summed E-state index contributed by atoms with van der Waals surface area (Å²) < 4.78 is 50.2. The molecule has 0 aromatic heterocycles. The van der Waals surface area contributed by atoms with E-state index in [0.29, 0.717) is 33.7 Å². The largest absolute Gasteiger partial charge is 0.493 e. The number of amides is 1. The summed E-state index contributed by atoms with van der Waals surface area (Å²) in [5, 5.41) is 4.00. The maximum absolute atomic E-state index is 13.6. The second-order valence-corrected chi connectivity index (χ2v) is 10.9. The minimum absolute atomic E-state index is 0.0243. The van der Waals surface area contributed by atoms with Gasteiger partial charge in [0.2, 0.25) is 16.8 Å². The molecule has 1 heterocycles. The average molecular weight is 604 g/mol. The number of halogens is 1. The zero-order valence-corrected chi connectivity index (χ0v) is 23.1. The quantitative estimate of drug-likeness (QED) is 0.263. The van der Waals surface area contributed by atoms with Gasteiger partial charge in [-0.05, 0) is 52.2 Å². The van der Waals surface area contributed by atoms with Crippen LogP contribution in [0.3, 0.4) is 0 Å². The molecule has 200 valence electrons. The maximum Gasteiger partial charge on any atom is 0.255 e. The van der Waals surface area contributed by atoms with E-state index in [-0.39, 0.29) is 24.0 Å². The molecule has 12 heteroatoms. The second-order valence-electron chi connectivity index (χ2n) is 8.11. The summed E-state index contributed by atoms with van der Waals surface area (Å²) in [6, 6.07) is 17.2. The Morgan fingerprint density at radius 1 is 1.05 bits per heavy atom. The lowest BCUT2D eigenvalue weighted by atomic mass is 10.1. The van der Waals surface area contributed by atoms with E-state index in [4.69, 9.17) is 18.9 Å². The molecule has 0 spiro atoms. The van der Waals surface area contributed by atoms with E-state index < -0.39 is 22.5 Å². The number of methoxy groups -OCH3 is 2. The molecule has 0 saturated carbocycles. The first-order valence-corrected chi connectivity index (χ1v) is 13.7. The van der Waals surface area contributed by atoms with E-state index in [1.807, 2.05) is 30.3 Å². The zero-order chi connectivity index (χ0) is 27.1. The van der Waals surface area contributed by atoms with Crippen molar-refractivity contribution in [2.75, 3.05) is 34.1 Å². The van der Waals surface area contributed by atoms with E-state index >= 15 is 0 Å². The van der Waals surface area contributed by atoms with Crippen molar-refractivity contribution in [3.05, 3.63) is 76.3 Å². The molecule has 0 atom stereocenters. The third kappa shape index (κ3) is 6.44. The Kier molecular flexibility index (Phi) is 8.87. The predicted octanol–water partition coefficient (Wildman–Crippen LogP) is 3.58. The average Bonchev–Trinajstić information content (AvgIpc) is 3.38. The number of sulfonamides is 1. The van der Waals surface area contributed by atoms with Crippen LogP contribution >= 0.6 is 15.9 Å². The Hall–Kier alpha value is -3.61. The number of carbonyl (C=O) groups is 1. The SMILES string of the molecule is COc1ccc(S(=O)(=O)N(CCc2ccccc2)CC(=O)N/N=C\c2cc3c(cc2Br)OCO3)cc1OC. The van der Waals surface area contributed by atoms with E-state index in [1.54, 1.807) is 12.1 Å². The molecule has 0 unspecified atom stereocenters. The summed E-state index contributed by atoms with van der Waals surface area (Å²) in [6.07, 6.45) is 1.84. The number of nitrogens with zero attached hydrogens (tertiary/aromatic N) is 2. The number of benzene rings is 3. The topological polar surface area (TPSA) is 116 Å². The van der Waals surface area contributed by atoms with Gasteiger partial charge in [0.1, 0.15) is 0 Å². The molecule has 1 aliphatic rings. The van der Waals surface area contributed by atoms with Crippen molar-refractivity contribution < 1.29 is 32.2 Å². The van der Waals surface area contributed by atoms with Crippen molar-refractivity contribution in [3.63, 3.8) is 0 Å². The van der Waals surface area contributed by atoms with Gasteiger partial charge in [0.15, 0.2) is 23.0 Å². The van der Waals surface area contributed by atoms with Crippen LogP contribution in [0.1, 0.15) is 11.1 Å². The number of hydrazone groups is 1. The third-order valence-corrected chi connectivity index (χ3v) is 8.22. The highest BCUT2D eigenvalue weighted by Crippen LogP contribution is 2.36. The van der Waals surface area contributed by atoms with Crippen molar-refractivity contribution >= 4 is 38.1 Å². The van der Waals surface area contributed by atoms with E-state index in [1.165, 1.54) is 38.6 Å². The first kappa shape index (κ1) is 27.4. The first-order valence-electron chi connectivity index (χ1n) is 11.5. The molecule has 0 bridgehead atoms. The zero-order valence-electron chi connectivity index (χ0n) is 20.7. The highest BCUT2D eigenvalue weighted by molar-refractivity contribution is 9.10. The minimum Gasteiger partial charge on any atom is -0.493 e. The monoisotopic (exact) mass is 603 g/mol. The Bertz CT molecular complexity index is 1430. The van der Waals surface area contributed by atoms with Crippen molar-refractivity contribution in [2.24, 2.45) is 5.10 Å². The minimum atomic E-state index is -4.07. The van der Waals surface area contributed by atoms with Crippen LogP contribution in [0, 0.1) is 0 Å². The number of hydrogen-bond donors (Lipinski definition) is 1. The molecule has 3 aromatic rings. The van der Waals surface area contributed by atoms with Crippen LogP contribution in [-0.4, -0.2) is 58.9 Å². The standard InChI is InChI=1S/C26H26BrN3O7S/c1-34-22-9-8-20(13-23(22)35-2)38(32,33)30(11-10-18-6-4-3-5-7-18)16-26(31)29-28-15-19-12-24-25(14-21(19)27)37-17-36-24/h3-9,12-15H,10-11,16-17H2,1-2H3,(H,29,31)/b28-15-. The molecular formula is C26H26BrN3O7S. The van der Waals surface area contributed by atoms with Crippen molar-refractivity contribution in [1.82, 2.24) is 9.73 Å². The smallest absolute Gasteiger partial charge is 0.255 e. The summed E-state index contributed by atoms with van der Waals surface area (Å²) in [5.41, 5.74) is 3.99. The molecule has 3 aromatic carbocycles. The normalized spacial score (nSPS) is 12.6. The van der Waals surface area contributed by atoms with E-state index in [9.17, 15) is 13.2 Å². The highest BCUT2D eigenvalue weighted by atomic mass is 79.9. The number of fused-ring (bicyclic) bond motifs is 1. The summed E-state index contributed by atoms with van der Waals surface area (Å²) in [5.74, 6) is 1.22. The molecular weight excluding hydrogens is 578 g/mol. The van der Waals surface area contributed by atoms with Crippen molar-refractivity contribution in [2.45, 2.75) is 11.3 Å². The molecule has 1 N–H and O–H groups in total. The summed E-state index contributed by atoms with van der Waals surface area (Å²) >= 11 is 3.43. The Balaban J connectivity index is 1.52.